The number of aryl methyl sites for hydroxylation is 1. The minimum absolute atomic E-state index is 0.141. The van der Waals surface area contributed by atoms with Crippen LogP contribution in [0.2, 0.25) is 0 Å². The molecular formula is C31H37BrN2O4. The Morgan fingerprint density at radius 3 is 2.45 bits per heavy atom. The molecule has 3 aromatic carbocycles. The summed E-state index contributed by atoms with van der Waals surface area (Å²) in [6.07, 6.45) is 1.86. The average Bonchev–Trinajstić information content (AvgIpc) is 3.32. The number of para-hydroxylation sites is 1. The number of benzene rings is 3. The van der Waals surface area contributed by atoms with Gasteiger partial charge in [-0.3, -0.25) is 4.79 Å². The molecule has 0 saturated heterocycles. The van der Waals surface area contributed by atoms with Crippen molar-refractivity contribution in [2.75, 3.05) is 26.9 Å². The van der Waals surface area contributed by atoms with Crippen molar-refractivity contribution in [3.8, 4) is 11.5 Å². The van der Waals surface area contributed by atoms with Crippen molar-refractivity contribution in [3.05, 3.63) is 94.1 Å². The highest BCUT2D eigenvalue weighted by atomic mass is 79.9. The maximum absolute atomic E-state index is 11.0. The summed E-state index contributed by atoms with van der Waals surface area (Å²) in [5.41, 5.74) is 4.94. The second kappa shape index (κ2) is 14.6. The van der Waals surface area contributed by atoms with Crippen LogP contribution in [0.1, 0.15) is 36.7 Å². The first-order valence-electron chi connectivity index (χ1n) is 12.8. The van der Waals surface area contributed by atoms with Gasteiger partial charge in [0.25, 0.3) is 0 Å². The number of halogens is 1. The molecule has 0 saturated carbocycles. The number of hydrogen-bond donors (Lipinski definition) is 2. The lowest BCUT2D eigenvalue weighted by atomic mass is 9.99. The molecule has 1 aliphatic rings. The molecule has 202 valence electrons. The molecule has 7 heteroatoms. The molecule has 5 rings (SSSR count). The fourth-order valence-corrected chi connectivity index (χ4v) is 4.45. The van der Waals surface area contributed by atoms with E-state index >= 15 is 0 Å². The number of aromatic amines is 1. The van der Waals surface area contributed by atoms with Crippen molar-refractivity contribution in [2.24, 2.45) is 5.92 Å². The van der Waals surface area contributed by atoms with Crippen LogP contribution in [0.15, 0.2) is 77.3 Å². The van der Waals surface area contributed by atoms with E-state index in [0.29, 0.717) is 6.61 Å². The number of H-pyrrole nitrogens is 1. The molecule has 4 aromatic rings. The molecule has 2 N–H and O–H groups in total. The molecule has 2 heterocycles. The topological polar surface area (TPSA) is 74.8 Å². The number of carbonyl (C=O) groups excluding carboxylic acids is 1. The van der Waals surface area contributed by atoms with Crippen molar-refractivity contribution < 1.29 is 19.4 Å². The van der Waals surface area contributed by atoms with Crippen LogP contribution in [-0.2, 0) is 11.2 Å². The number of ether oxygens (including phenoxy) is 2. The monoisotopic (exact) mass is 580 g/mol. The van der Waals surface area contributed by atoms with Gasteiger partial charge in [0.2, 0.25) is 6.41 Å². The Labute approximate surface area is 233 Å². The average molecular weight is 582 g/mol. The summed E-state index contributed by atoms with van der Waals surface area (Å²) in [7, 11) is 1.67. The van der Waals surface area contributed by atoms with E-state index in [1.807, 2.05) is 72.5 Å². The number of nitrogens with zero attached hydrogens (tertiary/aromatic N) is 1. The van der Waals surface area contributed by atoms with E-state index in [-0.39, 0.29) is 18.6 Å². The summed E-state index contributed by atoms with van der Waals surface area (Å²) < 4.78 is 11.5. The number of aromatic nitrogens is 1. The van der Waals surface area contributed by atoms with Gasteiger partial charge in [-0.25, -0.2) is 0 Å². The molecule has 0 bridgehead atoms. The maximum Gasteiger partial charge on any atom is 0.210 e. The van der Waals surface area contributed by atoms with Gasteiger partial charge in [0.05, 0.1) is 19.8 Å². The molecule has 1 amide bonds. The van der Waals surface area contributed by atoms with E-state index in [9.17, 15) is 4.79 Å². The van der Waals surface area contributed by atoms with Crippen molar-refractivity contribution in [1.29, 1.82) is 0 Å². The molecule has 0 aliphatic carbocycles. The van der Waals surface area contributed by atoms with Gasteiger partial charge in [0.1, 0.15) is 11.5 Å². The first kappa shape index (κ1) is 29.3. The van der Waals surface area contributed by atoms with Gasteiger partial charge in [0, 0.05) is 40.1 Å². The largest absolute Gasteiger partial charge is 0.497 e. The van der Waals surface area contributed by atoms with Crippen LogP contribution in [0.5, 0.6) is 11.5 Å². The quantitative estimate of drug-likeness (QED) is 0.249. The van der Waals surface area contributed by atoms with Crippen LogP contribution < -0.4 is 9.47 Å². The highest BCUT2D eigenvalue weighted by Crippen LogP contribution is 2.34. The fraction of sp³-hybridized carbons (Fsp3) is 0.323. The fourth-order valence-electron chi connectivity index (χ4n) is 4.09. The van der Waals surface area contributed by atoms with Crippen LogP contribution in [0.25, 0.3) is 10.9 Å². The zero-order valence-electron chi connectivity index (χ0n) is 22.5. The van der Waals surface area contributed by atoms with Crippen molar-refractivity contribution in [1.82, 2.24) is 9.88 Å². The number of carbonyl (C=O) groups is 1. The lowest BCUT2D eigenvalue weighted by Gasteiger charge is -2.30. The van der Waals surface area contributed by atoms with Gasteiger partial charge in [-0.15, -0.1) is 0 Å². The summed E-state index contributed by atoms with van der Waals surface area (Å²) >= 11 is 3.51. The Morgan fingerprint density at radius 1 is 1.11 bits per heavy atom. The molecule has 6 nitrogen and oxygen atoms in total. The summed E-state index contributed by atoms with van der Waals surface area (Å²) in [5.74, 6) is 1.98. The Balaban J connectivity index is 0.000000168. The number of aliphatic hydroxyl groups excluding tert-OH is 1. The normalized spacial score (nSPS) is 14.8. The Bertz CT molecular complexity index is 1270. The van der Waals surface area contributed by atoms with E-state index in [1.54, 1.807) is 7.11 Å². The maximum atomic E-state index is 11.0. The van der Waals surface area contributed by atoms with Crippen LogP contribution in [0, 0.1) is 12.8 Å². The smallest absolute Gasteiger partial charge is 0.210 e. The SMILES string of the molecule is CC(CO)COc1ccccc1.CC1c2[nH]c3ccc(Br)cc3c2CCN1C=O.COc1ccc(C)cc1. The first-order chi connectivity index (χ1) is 18.4. The second-order valence-electron chi connectivity index (χ2n) is 9.41. The van der Waals surface area contributed by atoms with Gasteiger partial charge in [-0.05, 0) is 68.3 Å². The minimum atomic E-state index is 0.141. The molecule has 38 heavy (non-hydrogen) atoms. The van der Waals surface area contributed by atoms with Gasteiger partial charge < -0.3 is 24.5 Å². The highest BCUT2D eigenvalue weighted by molar-refractivity contribution is 9.10. The van der Waals surface area contributed by atoms with Gasteiger partial charge in [-0.1, -0.05) is 58.7 Å². The zero-order valence-corrected chi connectivity index (χ0v) is 24.1. The summed E-state index contributed by atoms with van der Waals surface area (Å²) in [5, 5.41) is 10.0. The Morgan fingerprint density at radius 2 is 1.82 bits per heavy atom. The number of fused-ring (bicyclic) bond motifs is 3. The molecule has 2 atom stereocenters. The number of nitrogens with one attached hydrogen (secondary N) is 1. The summed E-state index contributed by atoms with van der Waals surface area (Å²) in [4.78, 5) is 16.2. The first-order valence-corrected chi connectivity index (χ1v) is 13.6. The van der Waals surface area contributed by atoms with Crippen LogP contribution in [-0.4, -0.2) is 48.3 Å². The van der Waals surface area contributed by atoms with E-state index < -0.39 is 0 Å². The lowest BCUT2D eigenvalue weighted by Crippen LogP contribution is -2.32. The predicted octanol–water partition coefficient (Wildman–Crippen LogP) is 6.70. The third-order valence-corrected chi connectivity index (χ3v) is 6.91. The summed E-state index contributed by atoms with van der Waals surface area (Å²) in [6, 6.07) is 24.0. The molecule has 2 unspecified atom stereocenters. The molecule has 0 radical (unpaired) electrons. The predicted molar refractivity (Wildman–Crippen MR) is 157 cm³/mol. The van der Waals surface area contributed by atoms with E-state index in [0.717, 1.165) is 40.9 Å². The molecule has 0 spiro atoms. The van der Waals surface area contributed by atoms with Crippen LogP contribution >= 0.6 is 15.9 Å². The van der Waals surface area contributed by atoms with Gasteiger partial charge >= 0.3 is 0 Å². The van der Waals surface area contributed by atoms with E-state index in [1.165, 1.54) is 22.2 Å². The zero-order chi connectivity index (χ0) is 27.5. The number of aliphatic hydroxyl groups is 1. The van der Waals surface area contributed by atoms with Gasteiger partial charge in [-0.2, -0.15) is 0 Å². The summed E-state index contributed by atoms with van der Waals surface area (Å²) in [6.45, 7) is 7.61. The Hall–Kier alpha value is -3.29. The molecule has 0 fully saturated rings. The number of rotatable bonds is 6. The third-order valence-electron chi connectivity index (χ3n) is 6.42. The van der Waals surface area contributed by atoms with E-state index in [2.05, 4.69) is 46.9 Å². The van der Waals surface area contributed by atoms with Crippen molar-refractivity contribution >= 4 is 33.2 Å². The minimum Gasteiger partial charge on any atom is -0.497 e. The number of hydrogen-bond acceptors (Lipinski definition) is 4. The highest BCUT2D eigenvalue weighted by Gasteiger charge is 2.26. The van der Waals surface area contributed by atoms with Crippen molar-refractivity contribution in [2.45, 2.75) is 33.2 Å². The van der Waals surface area contributed by atoms with Crippen LogP contribution in [0.4, 0.5) is 0 Å². The Kier molecular flexibility index (Phi) is 11.2. The van der Waals surface area contributed by atoms with Crippen molar-refractivity contribution in [3.63, 3.8) is 0 Å². The standard InChI is InChI=1S/C13H13BrN2O.C10H14O2.C8H10O/c1-8-13-10(4-5-16(8)7-17)11-6-9(14)2-3-12(11)15-13;1-9(7-11)8-12-10-5-3-2-4-6-10;1-7-3-5-8(9-2)6-4-7/h2-3,6-8,15H,4-5H2,1H3;2-6,9,11H,7-8H2,1H3;3-6H,1-2H3. The second-order valence-corrected chi connectivity index (χ2v) is 10.3. The molecule has 1 aliphatic heterocycles. The van der Waals surface area contributed by atoms with E-state index in [4.69, 9.17) is 14.6 Å². The van der Waals surface area contributed by atoms with Crippen LogP contribution in [0.3, 0.4) is 0 Å². The number of amides is 1. The third kappa shape index (κ3) is 8.10. The number of methoxy groups -OCH3 is 1. The van der Waals surface area contributed by atoms with Gasteiger partial charge in [0.15, 0.2) is 0 Å². The molecule has 1 aromatic heterocycles. The lowest BCUT2D eigenvalue weighted by molar-refractivity contribution is -0.120. The molecular weight excluding hydrogens is 544 g/mol.